The molecule has 13 heteroatoms. The van der Waals surface area contributed by atoms with Crippen molar-refractivity contribution in [1.82, 2.24) is 18.9 Å². The molecule has 2 aromatic rings. The summed E-state index contributed by atoms with van der Waals surface area (Å²) >= 11 is 0. The summed E-state index contributed by atoms with van der Waals surface area (Å²) in [5, 5.41) is 3.21. The third-order valence-electron chi connectivity index (χ3n) is 8.59. The van der Waals surface area contributed by atoms with Crippen LogP contribution in [0, 0.1) is 24.2 Å². The van der Waals surface area contributed by atoms with Crippen LogP contribution in [0.1, 0.15) is 75.7 Å². The molecular weight excluding hydrogens is 595 g/mol. The second-order valence-corrected chi connectivity index (χ2v) is 15.0. The topological polar surface area (TPSA) is 112 Å². The van der Waals surface area contributed by atoms with Gasteiger partial charge in [-0.1, -0.05) is 70.4 Å². The summed E-state index contributed by atoms with van der Waals surface area (Å²) in [6.07, 6.45) is -0.657. The van der Waals surface area contributed by atoms with Crippen LogP contribution in [0.4, 0.5) is 19.0 Å². The summed E-state index contributed by atoms with van der Waals surface area (Å²) < 4.78 is 70.2. The summed E-state index contributed by atoms with van der Waals surface area (Å²) in [6.45, 7) is 7.07. The molecule has 1 aliphatic carbocycles. The Morgan fingerprint density at radius 2 is 1.61 bits per heavy atom. The zero-order chi connectivity index (χ0) is 32.6. The van der Waals surface area contributed by atoms with E-state index >= 15 is 0 Å². The molecule has 2 amide bonds. The Morgan fingerprint density at radius 3 is 2.16 bits per heavy atom. The fourth-order valence-corrected chi connectivity index (χ4v) is 7.15. The molecule has 9 nitrogen and oxygen atoms in total. The van der Waals surface area contributed by atoms with Crippen LogP contribution in [0.3, 0.4) is 0 Å². The van der Waals surface area contributed by atoms with E-state index in [-0.39, 0.29) is 23.3 Å². The van der Waals surface area contributed by atoms with E-state index in [4.69, 9.17) is 0 Å². The lowest BCUT2D eigenvalue weighted by atomic mass is 9.72. The van der Waals surface area contributed by atoms with E-state index in [0.29, 0.717) is 18.4 Å². The minimum atomic E-state index is -4.62. The Labute approximate surface area is 257 Å². The highest BCUT2D eigenvalue weighted by Gasteiger charge is 2.59. The quantitative estimate of drug-likeness (QED) is 0.426. The standard InChI is InChI=1S/C31H42F3N5O4S/c1-19-17-22(31(32,33)34)18-23(35-19)36-25-24(30(2,3)4)27(28(40)37-44(42,43)38(5)6)39(26(25)20-13-9-7-10-14-20)29(41)21-15-11-8-12-16-21/h7,9-10,13-14,17-18,21,24-27H,8,11-12,15-16H2,1-6H3,(H,35,36)(H,37,40)/t24-,25-,26-,27-/m1/s1. The number of halogens is 3. The van der Waals surface area contributed by atoms with Gasteiger partial charge in [-0.3, -0.25) is 9.59 Å². The lowest BCUT2D eigenvalue weighted by Crippen LogP contribution is -2.55. The minimum Gasteiger partial charge on any atom is -0.364 e. The van der Waals surface area contributed by atoms with Gasteiger partial charge < -0.3 is 10.2 Å². The van der Waals surface area contributed by atoms with Crippen LogP contribution in [0.25, 0.3) is 0 Å². The first-order chi connectivity index (χ1) is 20.4. The largest absolute Gasteiger partial charge is 0.416 e. The van der Waals surface area contributed by atoms with Gasteiger partial charge >= 0.3 is 16.4 Å². The van der Waals surface area contributed by atoms with Crippen LogP contribution in [0.5, 0.6) is 0 Å². The van der Waals surface area contributed by atoms with Crippen LogP contribution in [-0.2, 0) is 26.0 Å². The Morgan fingerprint density at radius 1 is 1.00 bits per heavy atom. The van der Waals surface area contributed by atoms with Gasteiger partial charge in [0.1, 0.15) is 11.9 Å². The number of nitrogens with zero attached hydrogens (tertiary/aromatic N) is 3. The molecule has 44 heavy (non-hydrogen) atoms. The van der Waals surface area contributed by atoms with Crippen molar-refractivity contribution >= 4 is 27.8 Å². The van der Waals surface area contributed by atoms with E-state index < -0.39 is 57.3 Å². The van der Waals surface area contributed by atoms with Gasteiger partial charge in [0.2, 0.25) is 5.91 Å². The van der Waals surface area contributed by atoms with E-state index in [1.165, 1.54) is 25.9 Å². The van der Waals surface area contributed by atoms with Crippen molar-refractivity contribution in [3.05, 3.63) is 59.3 Å². The molecule has 2 aliphatic rings. The fraction of sp³-hybridized carbons (Fsp3) is 0.581. The van der Waals surface area contributed by atoms with Crippen LogP contribution in [0.15, 0.2) is 42.5 Å². The molecule has 1 aromatic heterocycles. The number of aryl methyl sites for hydroxylation is 1. The van der Waals surface area contributed by atoms with Gasteiger partial charge in [0, 0.05) is 31.6 Å². The average Bonchev–Trinajstić information content (AvgIpc) is 3.28. The highest BCUT2D eigenvalue weighted by molar-refractivity contribution is 7.87. The van der Waals surface area contributed by atoms with E-state index in [1.54, 1.807) is 18.2 Å². The van der Waals surface area contributed by atoms with Gasteiger partial charge in [-0.05, 0) is 42.9 Å². The summed E-state index contributed by atoms with van der Waals surface area (Å²) in [5.41, 5.74) is -0.800. The van der Waals surface area contributed by atoms with Gasteiger partial charge in [0.25, 0.3) is 5.91 Å². The second-order valence-electron chi connectivity index (χ2n) is 13.1. The van der Waals surface area contributed by atoms with E-state index in [0.717, 1.165) is 35.7 Å². The third-order valence-corrected chi connectivity index (χ3v) is 10.0. The molecule has 0 spiro atoms. The normalized spacial score (nSPS) is 23.5. The molecule has 4 atom stereocenters. The van der Waals surface area contributed by atoms with Crippen LogP contribution in [-0.4, -0.2) is 60.6 Å². The predicted octanol–water partition coefficient (Wildman–Crippen LogP) is 5.31. The highest BCUT2D eigenvalue weighted by Crippen LogP contribution is 2.50. The molecule has 2 N–H and O–H groups in total. The zero-order valence-corrected chi connectivity index (χ0v) is 26.8. The maximum atomic E-state index is 14.5. The van der Waals surface area contributed by atoms with Gasteiger partial charge in [-0.15, -0.1) is 0 Å². The van der Waals surface area contributed by atoms with Gasteiger partial charge in [-0.25, -0.2) is 9.71 Å². The van der Waals surface area contributed by atoms with E-state index in [2.05, 4.69) is 15.0 Å². The van der Waals surface area contributed by atoms with Gasteiger partial charge in [0.15, 0.2) is 0 Å². The molecule has 0 unspecified atom stereocenters. The third kappa shape index (κ3) is 7.20. The Hall–Kier alpha value is -3.19. The van der Waals surface area contributed by atoms with Crippen LogP contribution >= 0.6 is 0 Å². The smallest absolute Gasteiger partial charge is 0.364 e. The number of likely N-dealkylation sites (tertiary alicyclic amines) is 1. The number of nitrogens with one attached hydrogen (secondary N) is 2. The number of carbonyl (C=O) groups excluding carboxylic acids is 2. The lowest BCUT2D eigenvalue weighted by molar-refractivity contribution is -0.145. The molecule has 2 heterocycles. The van der Waals surface area contributed by atoms with Crippen molar-refractivity contribution in [2.75, 3.05) is 19.4 Å². The molecule has 1 aliphatic heterocycles. The maximum Gasteiger partial charge on any atom is 0.416 e. The first-order valence-electron chi connectivity index (χ1n) is 14.9. The Bertz CT molecular complexity index is 1450. The first kappa shape index (κ1) is 33.7. The van der Waals surface area contributed by atoms with Crippen LogP contribution in [0.2, 0.25) is 0 Å². The van der Waals surface area contributed by atoms with Crippen molar-refractivity contribution in [1.29, 1.82) is 0 Å². The van der Waals surface area contributed by atoms with Crippen molar-refractivity contribution in [2.45, 2.75) is 84.1 Å². The van der Waals surface area contributed by atoms with Gasteiger partial charge in [0.05, 0.1) is 17.6 Å². The molecule has 0 radical (unpaired) electrons. The van der Waals surface area contributed by atoms with Crippen molar-refractivity contribution in [2.24, 2.45) is 17.3 Å². The molecule has 4 rings (SSSR count). The molecule has 1 saturated heterocycles. The van der Waals surface area contributed by atoms with Gasteiger partial charge in [-0.2, -0.15) is 25.9 Å². The number of pyridine rings is 1. The Kier molecular flexibility index (Phi) is 9.70. The SMILES string of the molecule is Cc1cc(C(F)(F)F)cc(N[C@@H]2[C@@H](C(C)(C)C)[C@H](C(=O)NS(=O)(=O)N(C)C)N(C(=O)C3CCCCC3)[C@@H]2c2ccccc2)n1. The number of carbonyl (C=O) groups is 2. The average molecular weight is 638 g/mol. The summed E-state index contributed by atoms with van der Waals surface area (Å²) in [5.74, 6) is -2.31. The zero-order valence-electron chi connectivity index (χ0n) is 26.0. The summed E-state index contributed by atoms with van der Waals surface area (Å²) in [4.78, 5) is 34.5. The molecule has 1 aromatic carbocycles. The monoisotopic (exact) mass is 637 g/mol. The number of hydrogen-bond donors (Lipinski definition) is 2. The first-order valence-corrected chi connectivity index (χ1v) is 16.3. The Balaban J connectivity index is 1.94. The van der Waals surface area contributed by atoms with Crippen molar-refractivity contribution in [3.8, 4) is 0 Å². The number of amides is 2. The molecule has 242 valence electrons. The minimum absolute atomic E-state index is 0.0513. The maximum absolute atomic E-state index is 14.5. The number of anilines is 1. The van der Waals surface area contributed by atoms with E-state index in [9.17, 15) is 31.2 Å². The lowest BCUT2D eigenvalue weighted by Gasteiger charge is -2.37. The summed E-state index contributed by atoms with van der Waals surface area (Å²) in [6, 6.07) is 8.00. The number of hydrogen-bond acceptors (Lipinski definition) is 6. The van der Waals surface area contributed by atoms with Crippen LogP contribution < -0.4 is 10.0 Å². The van der Waals surface area contributed by atoms with Crippen molar-refractivity contribution < 1.29 is 31.2 Å². The number of rotatable bonds is 7. The number of aromatic nitrogens is 1. The van der Waals surface area contributed by atoms with E-state index in [1.807, 2.05) is 32.9 Å². The molecule has 2 fully saturated rings. The predicted molar refractivity (Wildman–Crippen MR) is 161 cm³/mol. The highest BCUT2D eigenvalue weighted by atomic mass is 32.2. The number of alkyl halides is 3. The molecular formula is C31H42F3N5O4S. The number of benzene rings is 1. The van der Waals surface area contributed by atoms with Crippen molar-refractivity contribution in [3.63, 3.8) is 0 Å². The fourth-order valence-electron chi connectivity index (χ4n) is 6.59. The summed E-state index contributed by atoms with van der Waals surface area (Å²) in [7, 11) is -1.65. The second kappa shape index (κ2) is 12.7. The molecule has 1 saturated carbocycles. The molecule has 0 bridgehead atoms.